The van der Waals surface area contributed by atoms with E-state index in [1.165, 1.54) is 11.0 Å². The number of nitrogens with one attached hydrogen (secondary N) is 2. The number of aliphatic hydroxyl groups excluding tert-OH is 1. The van der Waals surface area contributed by atoms with Crippen LogP contribution in [0.3, 0.4) is 0 Å². The number of alkyl halides is 3. The van der Waals surface area contributed by atoms with Crippen molar-refractivity contribution in [3.05, 3.63) is 89.5 Å². The Bertz CT molecular complexity index is 1610. The molecule has 0 radical (unpaired) electrons. The molecule has 10 nitrogen and oxygen atoms in total. The summed E-state index contributed by atoms with van der Waals surface area (Å²) in [6.45, 7) is 6.21. The molecule has 4 amide bonds. The molecule has 0 bridgehead atoms. The third-order valence-electron chi connectivity index (χ3n) is 8.86. The number of halogens is 3. The first-order valence-corrected chi connectivity index (χ1v) is 17.1. The number of hydrogen-bond donors (Lipinski definition) is 3. The molecule has 1 aliphatic rings. The van der Waals surface area contributed by atoms with E-state index in [4.69, 9.17) is 9.47 Å². The molecule has 4 atom stereocenters. The molecule has 1 heterocycles. The Morgan fingerprint density at radius 2 is 1.67 bits per heavy atom. The number of ether oxygens (including phenoxy) is 2. The quantitative estimate of drug-likeness (QED) is 0.235. The number of carbonyl (C=O) groups is 3. The normalized spacial score (nSPS) is 19.6. The van der Waals surface area contributed by atoms with Crippen LogP contribution in [-0.2, 0) is 22.1 Å². The van der Waals surface area contributed by atoms with E-state index >= 15 is 0 Å². The number of amides is 4. The van der Waals surface area contributed by atoms with Gasteiger partial charge in [-0.2, -0.15) is 13.2 Å². The van der Waals surface area contributed by atoms with Gasteiger partial charge in [0.2, 0.25) is 5.91 Å². The van der Waals surface area contributed by atoms with Gasteiger partial charge in [-0.3, -0.25) is 9.59 Å². The molecule has 0 aliphatic carbocycles. The van der Waals surface area contributed by atoms with Crippen molar-refractivity contribution < 1.29 is 42.1 Å². The third kappa shape index (κ3) is 11.4. The summed E-state index contributed by atoms with van der Waals surface area (Å²) in [7, 11) is 1.74. The van der Waals surface area contributed by atoms with Crippen molar-refractivity contribution in [1.82, 2.24) is 9.80 Å². The Morgan fingerprint density at radius 3 is 2.33 bits per heavy atom. The largest absolute Gasteiger partial charge is 0.490 e. The van der Waals surface area contributed by atoms with Crippen LogP contribution in [0.2, 0.25) is 0 Å². The van der Waals surface area contributed by atoms with Crippen LogP contribution in [-0.4, -0.2) is 84.4 Å². The number of urea groups is 1. The predicted octanol–water partition coefficient (Wildman–Crippen LogP) is 6.85. The second kappa shape index (κ2) is 18.0. The average molecular weight is 713 g/mol. The first-order valence-electron chi connectivity index (χ1n) is 17.1. The van der Waals surface area contributed by atoms with E-state index in [2.05, 4.69) is 10.6 Å². The molecule has 0 spiro atoms. The van der Waals surface area contributed by atoms with Crippen LogP contribution >= 0.6 is 0 Å². The molecule has 0 aromatic heterocycles. The van der Waals surface area contributed by atoms with Gasteiger partial charge in [-0.25, -0.2) is 4.79 Å². The molecule has 0 saturated heterocycles. The van der Waals surface area contributed by atoms with Crippen LogP contribution in [0.15, 0.2) is 72.8 Å². The van der Waals surface area contributed by atoms with Crippen molar-refractivity contribution in [3.8, 4) is 5.75 Å². The maximum Gasteiger partial charge on any atom is 0.416 e. The highest BCUT2D eigenvalue weighted by Crippen LogP contribution is 2.31. The molecule has 3 aromatic rings. The topological polar surface area (TPSA) is 120 Å². The summed E-state index contributed by atoms with van der Waals surface area (Å²) in [4.78, 5) is 43.5. The van der Waals surface area contributed by atoms with E-state index in [0.717, 1.165) is 42.7 Å². The zero-order valence-electron chi connectivity index (χ0n) is 29.4. The van der Waals surface area contributed by atoms with Crippen LogP contribution in [0.1, 0.15) is 61.5 Å². The predicted molar refractivity (Wildman–Crippen MR) is 189 cm³/mol. The van der Waals surface area contributed by atoms with Crippen molar-refractivity contribution in [3.63, 3.8) is 0 Å². The number of anilines is 2. The maximum atomic E-state index is 14.4. The van der Waals surface area contributed by atoms with E-state index in [1.807, 2.05) is 44.2 Å². The molecule has 1 aliphatic heterocycles. The van der Waals surface area contributed by atoms with Gasteiger partial charge in [0, 0.05) is 44.0 Å². The summed E-state index contributed by atoms with van der Waals surface area (Å²) >= 11 is 0. The number of aliphatic hydroxyl groups is 1. The standard InChI is InChI=1S/C38H47F3N4O6/c1-25-22-45(26(2)24-46)36(48)32-21-31(43-37(49)42-30-15-13-29(14-16-30)38(39,40)41)17-18-33(32)51-27(3)10-8-9-19-50-34(25)23-44(4)35(47)20-28-11-6-5-7-12-28/h5-7,11-18,21,25-27,34,46H,8-10,19-20,22-24H2,1-4H3,(H2,42,43,49)/t25-,26+,27-,34-/m1/s1. The molecule has 0 fully saturated rings. The lowest BCUT2D eigenvalue weighted by atomic mass is 10.0. The second-order valence-electron chi connectivity index (χ2n) is 13.1. The molecule has 3 N–H and O–H groups in total. The number of fused-ring (bicyclic) bond motifs is 1. The fourth-order valence-electron chi connectivity index (χ4n) is 5.78. The lowest BCUT2D eigenvalue weighted by Crippen LogP contribution is -2.48. The van der Waals surface area contributed by atoms with Crippen molar-refractivity contribution in [2.75, 3.05) is 44.0 Å². The fraction of sp³-hybridized carbons (Fsp3) is 0.447. The van der Waals surface area contributed by atoms with Gasteiger partial charge in [-0.1, -0.05) is 37.3 Å². The smallest absolute Gasteiger partial charge is 0.416 e. The van der Waals surface area contributed by atoms with Crippen LogP contribution < -0.4 is 15.4 Å². The van der Waals surface area contributed by atoms with Gasteiger partial charge < -0.3 is 35.0 Å². The van der Waals surface area contributed by atoms with Gasteiger partial charge in [0.1, 0.15) is 5.75 Å². The SMILES string of the molecule is C[C@@H]1CCCCO[C@H](CN(C)C(=O)Cc2ccccc2)[C@H](C)CN([C@@H](C)CO)C(=O)c2cc(NC(=O)Nc3ccc(C(F)(F)F)cc3)ccc2O1. The summed E-state index contributed by atoms with van der Waals surface area (Å²) in [5, 5.41) is 15.4. The Kier molecular flexibility index (Phi) is 13.9. The summed E-state index contributed by atoms with van der Waals surface area (Å²) < 4.78 is 51.5. The highest BCUT2D eigenvalue weighted by molar-refractivity contribution is 6.02. The molecular weight excluding hydrogens is 665 g/mol. The average Bonchev–Trinajstić information content (AvgIpc) is 3.09. The number of nitrogens with zero attached hydrogens (tertiary/aromatic N) is 2. The number of hydrogen-bond acceptors (Lipinski definition) is 6. The highest BCUT2D eigenvalue weighted by Gasteiger charge is 2.32. The lowest BCUT2D eigenvalue weighted by molar-refractivity contribution is -0.137. The second-order valence-corrected chi connectivity index (χ2v) is 13.1. The Labute approximate surface area is 296 Å². The molecule has 276 valence electrons. The minimum atomic E-state index is -4.51. The van der Waals surface area contributed by atoms with Gasteiger partial charge in [-0.05, 0) is 81.1 Å². The van der Waals surface area contributed by atoms with Crippen LogP contribution in [0, 0.1) is 5.92 Å². The Morgan fingerprint density at radius 1 is 1.00 bits per heavy atom. The van der Waals surface area contributed by atoms with Gasteiger partial charge in [0.15, 0.2) is 0 Å². The number of likely N-dealkylation sites (N-methyl/N-ethyl adjacent to an activating group) is 1. The monoisotopic (exact) mass is 712 g/mol. The van der Waals surface area contributed by atoms with Crippen LogP contribution in [0.4, 0.5) is 29.3 Å². The van der Waals surface area contributed by atoms with E-state index in [-0.39, 0.29) is 54.4 Å². The van der Waals surface area contributed by atoms with Crippen LogP contribution in [0.5, 0.6) is 5.75 Å². The van der Waals surface area contributed by atoms with E-state index in [1.54, 1.807) is 31.0 Å². The molecule has 3 aromatic carbocycles. The molecular formula is C38H47F3N4O6. The van der Waals surface area contributed by atoms with Crippen molar-refractivity contribution in [2.45, 2.75) is 70.9 Å². The molecule has 13 heteroatoms. The first-order chi connectivity index (χ1) is 24.2. The molecule has 0 saturated carbocycles. The third-order valence-corrected chi connectivity index (χ3v) is 8.86. The van der Waals surface area contributed by atoms with E-state index in [9.17, 15) is 32.7 Å². The number of rotatable bonds is 8. The molecule has 0 unspecified atom stereocenters. The van der Waals surface area contributed by atoms with E-state index in [0.29, 0.717) is 25.3 Å². The first kappa shape index (κ1) is 39.2. The van der Waals surface area contributed by atoms with Crippen LogP contribution in [0.25, 0.3) is 0 Å². The van der Waals surface area contributed by atoms with Crippen molar-refractivity contribution >= 4 is 29.2 Å². The maximum absolute atomic E-state index is 14.4. The van der Waals surface area contributed by atoms with E-state index < -0.39 is 35.8 Å². The highest BCUT2D eigenvalue weighted by atomic mass is 19.4. The molecule has 4 rings (SSSR count). The summed E-state index contributed by atoms with van der Waals surface area (Å²) in [5.41, 5.74) is 0.612. The summed E-state index contributed by atoms with van der Waals surface area (Å²) in [6.07, 6.45) is -2.69. The molecule has 51 heavy (non-hydrogen) atoms. The minimum Gasteiger partial charge on any atom is -0.490 e. The Hall–Kier alpha value is -4.62. The van der Waals surface area contributed by atoms with Gasteiger partial charge >= 0.3 is 12.2 Å². The minimum absolute atomic E-state index is 0.0599. The zero-order valence-corrected chi connectivity index (χ0v) is 29.4. The van der Waals surface area contributed by atoms with Crippen molar-refractivity contribution in [2.24, 2.45) is 5.92 Å². The summed E-state index contributed by atoms with van der Waals surface area (Å²) in [6, 6.07) is 16.8. The fourth-order valence-corrected chi connectivity index (χ4v) is 5.78. The lowest BCUT2D eigenvalue weighted by Gasteiger charge is -2.36. The number of benzene rings is 3. The van der Waals surface area contributed by atoms with Gasteiger partial charge in [0.25, 0.3) is 5.91 Å². The zero-order chi connectivity index (χ0) is 37.1. The van der Waals surface area contributed by atoms with Gasteiger partial charge in [0.05, 0.1) is 42.4 Å². The van der Waals surface area contributed by atoms with Crippen molar-refractivity contribution in [1.29, 1.82) is 0 Å². The summed E-state index contributed by atoms with van der Waals surface area (Å²) in [5.74, 6) is -0.450. The number of carbonyl (C=O) groups excluding carboxylic acids is 3. The van der Waals surface area contributed by atoms with Gasteiger partial charge in [-0.15, -0.1) is 0 Å². The Balaban J connectivity index is 1.56.